The molecule has 0 aromatic heterocycles. The fraction of sp³-hybridized carbons (Fsp3) is 0.333. The van der Waals surface area contributed by atoms with Crippen LogP contribution in [-0.4, -0.2) is 34.4 Å². The second kappa shape index (κ2) is 6.57. The number of rotatable bonds is 3. The highest BCUT2D eigenvalue weighted by molar-refractivity contribution is 6.32. The maximum atomic E-state index is 13.2. The number of anilines is 1. The highest BCUT2D eigenvalue weighted by atomic mass is 35.5. The van der Waals surface area contributed by atoms with Crippen LogP contribution in [0.5, 0.6) is 5.75 Å². The van der Waals surface area contributed by atoms with Gasteiger partial charge in [-0.05, 0) is 42.7 Å². The van der Waals surface area contributed by atoms with Crippen molar-refractivity contribution in [2.75, 3.05) is 11.9 Å². The first kappa shape index (κ1) is 17.9. The minimum Gasteiger partial charge on any atom is -0.506 e. The number of fused-ring (bicyclic) bond motifs is 2. The number of likely N-dealkylation sites (tertiary alicyclic amines) is 1. The third kappa shape index (κ3) is 2.60. The molecule has 1 spiro atoms. The fourth-order valence-corrected chi connectivity index (χ4v) is 4.71. The monoisotopic (exact) mass is 384 g/mol. The number of phenolic OH excluding ortho intramolecular Hbond substituents is 1. The third-order valence-electron chi connectivity index (χ3n) is 5.77. The summed E-state index contributed by atoms with van der Waals surface area (Å²) >= 11 is 5.99. The highest BCUT2D eigenvalue weighted by Crippen LogP contribution is 2.49. The van der Waals surface area contributed by atoms with E-state index in [-0.39, 0.29) is 28.6 Å². The molecule has 27 heavy (non-hydrogen) atoms. The summed E-state index contributed by atoms with van der Waals surface area (Å²) in [5.41, 5.74) is 1.53. The number of benzene rings is 2. The standard InChI is InChI=1S/C21H21ClN2O3/c1-2-5-18-21(14-6-3-4-7-16(14)23-20(21)27)10-11-24(18)19(26)13-8-9-17(25)15(22)12-13/h3-4,6-9,12,18,25H,2,5,10-11H2,1H3,(H,23,27)/t18-,21-/m0/s1. The van der Waals surface area contributed by atoms with Crippen molar-refractivity contribution < 1.29 is 14.7 Å². The van der Waals surface area contributed by atoms with E-state index in [0.29, 0.717) is 18.5 Å². The molecule has 140 valence electrons. The number of carbonyl (C=O) groups is 2. The molecular formula is C21H21ClN2O3. The van der Waals surface area contributed by atoms with Crippen LogP contribution in [0.25, 0.3) is 0 Å². The molecule has 0 bridgehead atoms. The zero-order valence-electron chi connectivity index (χ0n) is 15.0. The Balaban J connectivity index is 1.75. The molecule has 2 aliphatic rings. The number of carbonyl (C=O) groups excluding carboxylic acids is 2. The summed E-state index contributed by atoms with van der Waals surface area (Å²) in [7, 11) is 0. The first-order valence-electron chi connectivity index (χ1n) is 9.19. The lowest BCUT2D eigenvalue weighted by atomic mass is 9.73. The summed E-state index contributed by atoms with van der Waals surface area (Å²) in [6, 6.07) is 12.0. The van der Waals surface area contributed by atoms with Crippen LogP contribution in [0.1, 0.15) is 42.1 Å². The fourth-order valence-electron chi connectivity index (χ4n) is 4.53. The van der Waals surface area contributed by atoms with Gasteiger partial charge >= 0.3 is 0 Å². The lowest BCUT2D eigenvalue weighted by Gasteiger charge is -2.34. The van der Waals surface area contributed by atoms with Gasteiger partial charge in [0.2, 0.25) is 5.91 Å². The predicted molar refractivity (Wildman–Crippen MR) is 104 cm³/mol. The smallest absolute Gasteiger partial charge is 0.254 e. The van der Waals surface area contributed by atoms with Gasteiger partial charge in [-0.15, -0.1) is 0 Å². The minimum absolute atomic E-state index is 0.0267. The number of nitrogens with one attached hydrogen (secondary N) is 1. The van der Waals surface area contributed by atoms with Gasteiger partial charge in [0, 0.05) is 17.8 Å². The van der Waals surface area contributed by atoms with Crippen LogP contribution >= 0.6 is 11.6 Å². The zero-order valence-corrected chi connectivity index (χ0v) is 15.8. The minimum atomic E-state index is -0.705. The van der Waals surface area contributed by atoms with Crippen LogP contribution in [0.2, 0.25) is 5.02 Å². The molecule has 2 aromatic rings. The van der Waals surface area contributed by atoms with Crippen LogP contribution in [0.4, 0.5) is 5.69 Å². The normalized spacial score (nSPS) is 23.6. The molecule has 0 radical (unpaired) electrons. The topological polar surface area (TPSA) is 69.6 Å². The molecule has 2 aromatic carbocycles. The largest absolute Gasteiger partial charge is 0.506 e. The summed E-state index contributed by atoms with van der Waals surface area (Å²) in [5, 5.41) is 12.8. The Hall–Kier alpha value is -2.53. The van der Waals surface area contributed by atoms with Crippen molar-refractivity contribution in [1.29, 1.82) is 0 Å². The maximum Gasteiger partial charge on any atom is 0.254 e. The van der Waals surface area contributed by atoms with Crippen LogP contribution in [0.15, 0.2) is 42.5 Å². The van der Waals surface area contributed by atoms with Crippen molar-refractivity contribution in [2.45, 2.75) is 37.6 Å². The van der Waals surface area contributed by atoms with E-state index in [0.717, 1.165) is 24.1 Å². The summed E-state index contributed by atoms with van der Waals surface area (Å²) in [6.45, 7) is 2.56. The summed E-state index contributed by atoms with van der Waals surface area (Å²) in [5.74, 6) is -0.245. The molecule has 2 atom stereocenters. The van der Waals surface area contributed by atoms with Crippen molar-refractivity contribution in [1.82, 2.24) is 4.90 Å². The van der Waals surface area contributed by atoms with Gasteiger partial charge in [-0.2, -0.15) is 0 Å². The van der Waals surface area contributed by atoms with E-state index in [9.17, 15) is 14.7 Å². The van der Waals surface area contributed by atoms with Gasteiger partial charge in [0.05, 0.1) is 16.5 Å². The van der Waals surface area contributed by atoms with Crippen molar-refractivity contribution in [3.63, 3.8) is 0 Å². The third-order valence-corrected chi connectivity index (χ3v) is 6.07. The predicted octanol–water partition coefficient (Wildman–Crippen LogP) is 3.95. The molecule has 1 saturated heterocycles. The van der Waals surface area contributed by atoms with E-state index in [1.165, 1.54) is 12.1 Å². The number of hydrogen-bond acceptors (Lipinski definition) is 3. The lowest BCUT2D eigenvalue weighted by molar-refractivity contribution is -0.121. The van der Waals surface area contributed by atoms with E-state index < -0.39 is 5.41 Å². The number of amides is 2. The molecular weight excluding hydrogens is 364 g/mol. The van der Waals surface area contributed by atoms with Crippen LogP contribution < -0.4 is 5.32 Å². The average Bonchev–Trinajstić information content (AvgIpc) is 3.17. The van der Waals surface area contributed by atoms with Crippen molar-refractivity contribution >= 4 is 29.1 Å². The van der Waals surface area contributed by atoms with Gasteiger partial charge in [-0.1, -0.05) is 43.1 Å². The Morgan fingerprint density at radius 2 is 2.11 bits per heavy atom. The van der Waals surface area contributed by atoms with E-state index in [4.69, 9.17) is 11.6 Å². The van der Waals surface area contributed by atoms with Crippen LogP contribution in [0, 0.1) is 0 Å². The van der Waals surface area contributed by atoms with E-state index >= 15 is 0 Å². The van der Waals surface area contributed by atoms with Crippen molar-refractivity contribution in [3.8, 4) is 5.75 Å². The van der Waals surface area contributed by atoms with Gasteiger partial charge in [0.15, 0.2) is 0 Å². The number of phenols is 1. The second-order valence-electron chi connectivity index (χ2n) is 7.19. The summed E-state index contributed by atoms with van der Waals surface area (Å²) in [4.78, 5) is 28.0. The summed E-state index contributed by atoms with van der Waals surface area (Å²) < 4.78 is 0. The van der Waals surface area contributed by atoms with E-state index in [2.05, 4.69) is 12.2 Å². The molecule has 2 aliphatic heterocycles. The number of hydrogen-bond donors (Lipinski definition) is 2. The molecule has 1 fully saturated rings. The molecule has 0 aliphatic carbocycles. The van der Waals surface area contributed by atoms with Gasteiger partial charge < -0.3 is 15.3 Å². The summed E-state index contributed by atoms with van der Waals surface area (Å²) in [6.07, 6.45) is 2.19. The Kier molecular flexibility index (Phi) is 4.35. The maximum absolute atomic E-state index is 13.2. The second-order valence-corrected chi connectivity index (χ2v) is 7.60. The van der Waals surface area contributed by atoms with Gasteiger partial charge in [-0.3, -0.25) is 9.59 Å². The average molecular weight is 385 g/mol. The number of para-hydroxylation sites is 1. The highest BCUT2D eigenvalue weighted by Gasteiger charge is 2.58. The molecule has 0 unspecified atom stereocenters. The quantitative estimate of drug-likeness (QED) is 0.841. The van der Waals surface area contributed by atoms with E-state index in [1.54, 1.807) is 11.0 Å². The Morgan fingerprint density at radius 3 is 2.85 bits per heavy atom. The Morgan fingerprint density at radius 1 is 1.33 bits per heavy atom. The molecule has 4 rings (SSSR count). The van der Waals surface area contributed by atoms with Crippen LogP contribution in [0.3, 0.4) is 0 Å². The molecule has 6 heteroatoms. The molecule has 2 heterocycles. The van der Waals surface area contributed by atoms with Crippen molar-refractivity contribution in [2.24, 2.45) is 0 Å². The van der Waals surface area contributed by atoms with Crippen LogP contribution in [-0.2, 0) is 10.2 Å². The van der Waals surface area contributed by atoms with Crippen molar-refractivity contribution in [3.05, 3.63) is 58.6 Å². The SMILES string of the molecule is CCC[C@@H]1N(C(=O)c2ccc(O)c(Cl)c2)CC[C@@]12C(=O)Nc1ccccc12. The number of aromatic hydroxyl groups is 1. The molecule has 5 nitrogen and oxygen atoms in total. The number of halogens is 1. The first-order valence-corrected chi connectivity index (χ1v) is 9.57. The van der Waals surface area contributed by atoms with Gasteiger partial charge in [0.25, 0.3) is 5.91 Å². The Labute approximate surface area is 162 Å². The first-order chi connectivity index (χ1) is 13.0. The molecule has 2 N–H and O–H groups in total. The number of nitrogens with zero attached hydrogens (tertiary/aromatic N) is 1. The molecule has 2 amide bonds. The molecule has 0 saturated carbocycles. The Bertz CT molecular complexity index is 929. The zero-order chi connectivity index (χ0) is 19.2. The van der Waals surface area contributed by atoms with Gasteiger partial charge in [-0.25, -0.2) is 0 Å². The van der Waals surface area contributed by atoms with E-state index in [1.807, 2.05) is 24.3 Å². The lowest BCUT2D eigenvalue weighted by Crippen LogP contribution is -2.48. The van der Waals surface area contributed by atoms with Gasteiger partial charge in [0.1, 0.15) is 5.75 Å².